The van der Waals surface area contributed by atoms with Gasteiger partial charge in [-0.3, -0.25) is 13.9 Å². The first-order valence-corrected chi connectivity index (χ1v) is 6.36. The highest BCUT2D eigenvalue weighted by Crippen LogP contribution is 2.05. The van der Waals surface area contributed by atoms with Gasteiger partial charge in [-0.25, -0.2) is 0 Å². The smallest absolute Gasteiger partial charge is 0.366 e. The Bertz CT molecular complexity index is 452. The molecule has 1 aromatic carbocycles. The summed E-state index contributed by atoms with van der Waals surface area (Å²) in [6.07, 6.45) is -0.0418. The van der Waals surface area contributed by atoms with Gasteiger partial charge < -0.3 is 10.6 Å². The van der Waals surface area contributed by atoms with Crippen LogP contribution in [-0.4, -0.2) is 29.6 Å². The lowest BCUT2D eigenvalue weighted by molar-refractivity contribution is -0.119. The molecular formula is C10H16N2O5S. The third-order valence-electron chi connectivity index (χ3n) is 1.58. The molecule has 7 nitrogen and oxygen atoms in total. The molecule has 0 saturated heterocycles. The van der Waals surface area contributed by atoms with Gasteiger partial charge in [0.1, 0.15) is 0 Å². The standard InChI is InChI=1S/C10H14N2O.H2O4S/c1-8(11-9(2)13)12-10-6-4-3-5-7-10;1-5(2,3)4/h3-8,12H,1-2H3,(H,11,13);(H2,1,2,3,4). The number of hydrogen-bond acceptors (Lipinski definition) is 4. The zero-order valence-electron chi connectivity index (χ0n) is 9.99. The number of nitrogens with one attached hydrogen (secondary N) is 2. The minimum Gasteiger partial charge on any atom is -0.366 e. The third kappa shape index (κ3) is 12.4. The summed E-state index contributed by atoms with van der Waals surface area (Å²) in [4.78, 5) is 10.7. The topological polar surface area (TPSA) is 116 Å². The number of amides is 1. The van der Waals surface area contributed by atoms with Crippen LogP contribution in [0.3, 0.4) is 0 Å². The Morgan fingerprint density at radius 3 is 2.06 bits per heavy atom. The van der Waals surface area contributed by atoms with Crippen LogP contribution in [0.1, 0.15) is 13.8 Å². The van der Waals surface area contributed by atoms with E-state index in [1.165, 1.54) is 6.92 Å². The Balaban J connectivity index is 0.000000494. The second-order valence-electron chi connectivity index (χ2n) is 3.38. The third-order valence-corrected chi connectivity index (χ3v) is 1.58. The van der Waals surface area contributed by atoms with E-state index in [2.05, 4.69) is 10.6 Å². The molecule has 1 atom stereocenters. The molecular weight excluding hydrogens is 260 g/mol. The number of rotatable bonds is 3. The van der Waals surface area contributed by atoms with E-state index in [4.69, 9.17) is 17.5 Å². The number of benzene rings is 1. The fourth-order valence-corrected chi connectivity index (χ4v) is 1.13. The first-order valence-electron chi connectivity index (χ1n) is 4.97. The first kappa shape index (κ1) is 16.4. The first-order chi connectivity index (χ1) is 8.18. The van der Waals surface area contributed by atoms with Gasteiger partial charge in [0.15, 0.2) is 0 Å². The predicted octanol–water partition coefficient (Wildman–Crippen LogP) is 0.928. The molecule has 0 aliphatic carbocycles. The largest absolute Gasteiger partial charge is 0.394 e. The highest BCUT2D eigenvalue weighted by atomic mass is 32.3. The van der Waals surface area contributed by atoms with Crippen molar-refractivity contribution in [2.75, 3.05) is 5.32 Å². The molecule has 1 unspecified atom stereocenters. The minimum absolute atomic E-state index is 0.0315. The van der Waals surface area contributed by atoms with Crippen molar-refractivity contribution in [2.24, 2.45) is 0 Å². The number of carbonyl (C=O) groups is 1. The van der Waals surface area contributed by atoms with Crippen LogP contribution in [-0.2, 0) is 15.2 Å². The van der Waals surface area contributed by atoms with E-state index >= 15 is 0 Å². The lowest BCUT2D eigenvalue weighted by Crippen LogP contribution is -2.36. The van der Waals surface area contributed by atoms with E-state index < -0.39 is 10.4 Å². The molecule has 8 heteroatoms. The van der Waals surface area contributed by atoms with E-state index in [1.807, 2.05) is 37.3 Å². The minimum atomic E-state index is -4.67. The summed E-state index contributed by atoms with van der Waals surface area (Å²) in [6, 6.07) is 9.76. The van der Waals surface area contributed by atoms with Crippen LogP contribution in [0.5, 0.6) is 0 Å². The Hall–Kier alpha value is -1.64. The Morgan fingerprint density at radius 1 is 1.22 bits per heavy atom. The lowest BCUT2D eigenvalue weighted by Gasteiger charge is -2.15. The van der Waals surface area contributed by atoms with E-state index in [0.717, 1.165) is 5.69 Å². The number of para-hydroxylation sites is 1. The SMILES string of the molecule is CC(=O)NC(C)Nc1ccccc1.O=S(=O)(O)O. The summed E-state index contributed by atoms with van der Waals surface area (Å²) in [6.45, 7) is 3.40. The molecule has 0 saturated carbocycles. The van der Waals surface area contributed by atoms with Crippen molar-refractivity contribution < 1.29 is 22.3 Å². The Morgan fingerprint density at radius 2 is 1.67 bits per heavy atom. The van der Waals surface area contributed by atoms with Crippen molar-refractivity contribution in [3.63, 3.8) is 0 Å². The van der Waals surface area contributed by atoms with Gasteiger partial charge in [0.2, 0.25) is 5.91 Å². The fraction of sp³-hybridized carbons (Fsp3) is 0.300. The highest BCUT2D eigenvalue weighted by Gasteiger charge is 2.00. The van der Waals surface area contributed by atoms with Crippen LogP contribution in [0.25, 0.3) is 0 Å². The monoisotopic (exact) mass is 276 g/mol. The highest BCUT2D eigenvalue weighted by molar-refractivity contribution is 7.79. The molecule has 0 bridgehead atoms. The summed E-state index contributed by atoms with van der Waals surface area (Å²) in [7, 11) is -4.67. The zero-order chi connectivity index (χ0) is 14.2. The van der Waals surface area contributed by atoms with Crippen LogP contribution >= 0.6 is 0 Å². The molecule has 0 aliphatic rings. The molecule has 4 N–H and O–H groups in total. The van der Waals surface area contributed by atoms with Gasteiger partial charge in [0.25, 0.3) is 0 Å². The molecule has 1 rings (SSSR count). The maximum Gasteiger partial charge on any atom is 0.394 e. The van der Waals surface area contributed by atoms with Crippen molar-refractivity contribution in [3.05, 3.63) is 30.3 Å². The van der Waals surface area contributed by atoms with Crippen LogP contribution in [0.4, 0.5) is 5.69 Å². The van der Waals surface area contributed by atoms with Crippen molar-refractivity contribution in [1.29, 1.82) is 0 Å². The predicted molar refractivity (Wildman–Crippen MR) is 67.5 cm³/mol. The molecule has 0 heterocycles. The molecule has 102 valence electrons. The molecule has 1 aromatic rings. The molecule has 0 spiro atoms. The van der Waals surface area contributed by atoms with Crippen LogP contribution in [0.2, 0.25) is 0 Å². The maximum absolute atomic E-state index is 10.7. The molecule has 0 radical (unpaired) electrons. The van der Waals surface area contributed by atoms with Gasteiger partial charge in [-0.1, -0.05) is 18.2 Å². The van der Waals surface area contributed by atoms with E-state index in [1.54, 1.807) is 0 Å². The zero-order valence-corrected chi connectivity index (χ0v) is 10.8. The summed E-state index contributed by atoms with van der Waals surface area (Å²) in [5.74, 6) is -0.0315. The van der Waals surface area contributed by atoms with E-state index in [0.29, 0.717) is 0 Å². The van der Waals surface area contributed by atoms with Gasteiger partial charge in [-0.2, -0.15) is 8.42 Å². The average molecular weight is 276 g/mol. The summed E-state index contributed by atoms with van der Waals surface area (Å²) in [5, 5.41) is 5.88. The molecule has 1 amide bonds. The van der Waals surface area contributed by atoms with Crippen LogP contribution < -0.4 is 10.6 Å². The van der Waals surface area contributed by atoms with Gasteiger partial charge in [-0.15, -0.1) is 0 Å². The van der Waals surface area contributed by atoms with E-state index in [-0.39, 0.29) is 12.1 Å². The second-order valence-corrected chi connectivity index (χ2v) is 4.28. The van der Waals surface area contributed by atoms with Crippen LogP contribution in [0, 0.1) is 0 Å². The van der Waals surface area contributed by atoms with Crippen molar-refractivity contribution in [3.8, 4) is 0 Å². The van der Waals surface area contributed by atoms with Gasteiger partial charge >= 0.3 is 10.4 Å². The van der Waals surface area contributed by atoms with Crippen molar-refractivity contribution in [2.45, 2.75) is 20.0 Å². The number of carbonyl (C=O) groups excluding carboxylic acids is 1. The lowest BCUT2D eigenvalue weighted by atomic mass is 10.3. The summed E-state index contributed by atoms with van der Waals surface area (Å²) in [5.41, 5.74) is 1.00. The normalized spacial score (nSPS) is 11.8. The summed E-state index contributed by atoms with van der Waals surface area (Å²) < 4.78 is 31.6. The van der Waals surface area contributed by atoms with Crippen molar-refractivity contribution >= 4 is 22.0 Å². The summed E-state index contributed by atoms with van der Waals surface area (Å²) >= 11 is 0. The van der Waals surface area contributed by atoms with Gasteiger partial charge in [0, 0.05) is 12.6 Å². The number of hydrogen-bond donors (Lipinski definition) is 4. The second kappa shape index (κ2) is 7.64. The van der Waals surface area contributed by atoms with Gasteiger partial charge in [-0.05, 0) is 19.1 Å². The van der Waals surface area contributed by atoms with Crippen LogP contribution in [0.15, 0.2) is 30.3 Å². The van der Waals surface area contributed by atoms with Gasteiger partial charge in [0.05, 0.1) is 6.17 Å². The fourth-order valence-electron chi connectivity index (χ4n) is 1.13. The average Bonchev–Trinajstić information content (AvgIpc) is 2.14. The number of anilines is 1. The molecule has 18 heavy (non-hydrogen) atoms. The molecule has 0 aromatic heterocycles. The van der Waals surface area contributed by atoms with E-state index in [9.17, 15) is 4.79 Å². The van der Waals surface area contributed by atoms with Crippen molar-refractivity contribution in [1.82, 2.24) is 5.32 Å². The molecule has 0 aliphatic heterocycles. The molecule has 0 fully saturated rings. The quantitative estimate of drug-likeness (QED) is 0.482. The Labute approximate surface area is 106 Å². The maximum atomic E-state index is 10.7. The Kier molecular flexibility index (Phi) is 6.94.